The monoisotopic (exact) mass is 330 g/mol. The van der Waals surface area contributed by atoms with Crippen molar-refractivity contribution in [1.82, 2.24) is 10.0 Å². The Hall–Kier alpha value is -2.76. The van der Waals surface area contributed by atoms with Gasteiger partial charge in [0.2, 0.25) is 0 Å². The lowest BCUT2D eigenvalue weighted by Gasteiger charge is -2.32. The zero-order valence-corrected chi connectivity index (χ0v) is 13.6. The van der Waals surface area contributed by atoms with Crippen LogP contribution in [0.1, 0.15) is 18.4 Å². The second-order valence-corrected chi connectivity index (χ2v) is 5.35. The largest absolute Gasteiger partial charge is 0.446 e. The predicted molar refractivity (Wildman–Crippen MR) is 89.9 cm³/mol. The SMILES string of the molecule is C=CCC[C@@H]1COC(=O)N1N(CC=C)C(=O)OCc1ccccc1. The molecule has 2 rings (SSSR count). The van der Waals surface area contributed by atoms with Gasteiger partial charge in [-0.15, -0.1) is 13.2 Å². The van der Waals surface area contributed by atoms with Gasteiger partial charge in [-0.1, -0.05) is 42.5 Å². The van der Waals surface area contributed by atoms with Gasteiger partial charge < -0.3 is 9.47 Å². The highest BCUT2D eigenvalue weighted by Gasteiger charge is 2.39. The van der Waals surface area contributed by atoms with E-state index in [4.69, 9.17) is 9.47 Å². The van der Waals surface area contributed by atoms with Crippen molar-refractivity contribution in [2.45, 2.75) is 25.5 Å². The first-order valence-corrected chi connectivity index (χ1v) is 7.83. The third kappa shape index (κ3) is 4.38. The number of amides is 2. The molecule has 1 aliphatic heterocycles. The van der Waals surface area contributed by atoms with Crippen LogP contribution in [0.25, 0.3) is 0 Å². The van der Waals surface area contributed by atoms with Crippen molar-refractivity contribution in [2.75, 3.05) is 13.2 Å². The molecule has 1 aromatic rings. The third-order valence-corrected chi connectivity index (χ3v) is 3.61. The number of hydrogen-bond acceptors (Lipinski definition) is 4. The summed E-state index contributed by atoms with van der Waals surface area (Å²) in [6.45, 7) is 7.85. The maximum Gasteiger partial charge on any atom is 0.429 e. The number of hydrogen-bond donors (Lipinski definition) is 0. The summed E-state index contributed by atoms with van der Waals surface area (Å²) in [6, 6.07) is 9.13. The van der Waals surface area contributed by atoms with E-state index in [1.807, 2.05) is 30.3 Å². The van der Waals surface area contributed by atoms with E-state index in [-0.39, 0.29) is 25.8 Å². The molecule has 2 amide bonds. The van der Waals surface area contributed by atoms with Crippen molar-refractivity contribution in [2.24, 2.45) is 0 Å². The van der Waals surface area contributed by atoms with E-state index >= 15 is 0 Å². The Bertz CT molecular complexity index is 588. The summed E-state index contributed by atoms with van der Waals surface area (Å²) in [7, 11) is 0. The van der Waals surface area contributed by atoms with Gasteiger partial charge in [-0.05, 0) is 18.4 Å². The number of cyclic esters (lactones) is 1. The molecule has 6 heteroatoms. The minimum atomic E-state index is -0.610. The average molecular weight is 330 g/mol. The number of nitrogens with zero attached hydrogens (tertiary/aromatic N) is 2. The van der Waals surface area contributed by atoms with Gasteiger partial charge in [0, 0.05) is 0 Å². The molecule has 0 radical (unpaired) electrons. The molecule has 0 saturated carbocycles. The lowest BCUT2D eigenvalue weighted by Crippen LogP contribution is -2.51. The molecule has 128 valence electrons. The summed E-state index contributed by atoms with van der Waals surface area (Å²) < 4.78 is 10.4. The molecule has 0 spiro atoms. The summed E-state index contributed by atoms with van der Waals surface area (Å²) in [6.07, 6.45) is 3.53. The van der Waals surface area contributed by atoms with E-state index in [9.17, 15) is 9.59 Å². The highest BCUT2D eigenvalue weighted by atomic mass is 16.6. The molecule has 1 saturated heterocycles. The fourth-order valence-corrected chi connectivity index (χ4v) is 2.43. The second kappa shape index (κ2) is 8.76. The number of carbonyl (C=O) groups is 2. The standard InChI is InChI=1S/C18H22N2O4/c1-3-5-11-16-14-24-18(22)20(16)19(12-4-2)17(21)23-13-15-9-7-6-8-10-15/h3-4,6-10,16H,1-2,5,11-14H2/t16-/m1/s1. The van der Waals surface area contributed by atoms with Crippen LogP contribution < -0.4 is 0 Å². The normalized spacial score (nSPS) is 16.4. The number of ether oxygens (including phenoxy) is 2. The Morgan fingerprint density at radius 1 is 1.33 bits per heavy atom. The minimum absolute atomic E-state index is 0.132. The van der Waals surface area contributed by atoms with Crippen LogP contribution in [0.5, 0.6) is 0 Å². The zero-order chi connectivity index (χ0) is 17.4. The lowest BCUT2D eigenvalue weighted by atomic mass is 10.2. The smallest absolute Gasteiger partial charge is 0.429 e. The maximum atomic E-state index is 12.4. The molecule has 1 atom stereocenters. The highest BCUT2D eigenvalue weighted by Crippen LogP contribution is 2.21. The molecule has 1 heterocycles. The fraction of sp³-hybridized carbons (Fsp3) is 0.333. The van der Waals surface area contributed by atoms with Gasteiger partial charge in [-0.25, -0.2) is 19.6 Å². The summed E-state index contributed by atoms with van der Waals surface area (Å²) in [5, 5.41) is 2.55. The second-order valence-electron chi connectivity index (χ2n) is 5.35. The van der Waals surface area contributed by atoms with Crippen LogP contribution >= 0.6 is 0 Å². The van der Waals surface area contributed by atoms with Gasteiger partial charge in [-0.2, -0.15) is 0 Å². The Kier molecular flexibility index (Phi) is 6.42. The predicted octanol–water partition coefficient (Wildman–Crippen LogP) is 3.51. The van der Waals surface area contributed by atoms with Crippen LogP contribution in [0.2, 0.25) is 0 Å². The van der Waals surface area contributed by atoms with E-state index in [1.54, 1.807) is 12.2 Å². The fourth-order valence-electron chi connectivity index (χ4n) is 2.43. The Balaban J connectivity index is 2.05. The number of benzene rings is 1. The van der Waals surface area contributed by atoms with Crippen molar-refractivity contribution in [3.63, 3.8) is 0 Å². The van der Waals surface area contributed by atoms with Crippen LogP contribution in [-0.4, -0.2) is 41.4 Å². The van der Waals surface area contributed by atoms with Crippen LogP contribution in [0.15, 0.2) is 55.6 Å². The summed E-state index contributed by atoms with van der Waals surface area (Å²) >= 11 is 0. The van der Waals surface area contributed by atoms with Crippen molar-refractivity contribution >= 4 is 12.2 Å². The molecule has 1 fully saturated rings. The first kappa shape index (κ1) is 17.6. The minimum Gasteiger partial charge on any atom is -0.446 e. The molecule has 0 unspecified atom stereocenters. The average Bonchev–Trinajstić information content (AvgIpc) is 2.97. The Morgan fingerprint density at radius 2 is 2.08 bits per heavy atom. The summed E-state index contributed by atoms with van der Waals surface area (Å²) in [5.41, 5.74) is 0.872. The molecule has 1 aromatic carbocycles. The van der Waals surface area contributed by atoms with Gasteiger partial charge in [0.15, 0.2) is 0 Å². The number of allylic oxidation sites excluding steroid dienone is 1. The van der Waals surface area contributed by atoms with Crippen molar-refractivity contribution in [3.05, 3.63) is 61.2 Å². The molecule has 0 aromatic heterocycles. The number of hydrazine groups is 1. The quantitative estimate of drug-likeness (QED) is 0.684. The lowest BCUT2D eigenvalue weighted by molar-refractivity contribution is -0.00307. The van der Waals surface area contributed by atoms with Crippen molar-refractivity contribution in [1.29, 1.82) is 0 Å². The van der Waals surface area contributed by atoms with Gasteiger partial charge >= 0.3 is 12.2 Å². The first-order valence-electron chi connectivity index (χ1n) is 7.83. The van der Waals surface area contributed by atoms with Crippen molar-refractivity contribution < 1.29 is 19.1 Å². The van der Waals surface area contributed by atoms with Gasteiger partial charge in [-0.3, -0.25) is 0 Å². The first-order chi connectivity index (χ1) is 11.7. The number of rotatable bonds is 8. The van der Waals surface area contributed by atoms with Crippen LogP contribution in [-0.2, 0) is 16.1 Å². The molecule has 24 heavy (non-hydrogen) atoms. The van der Waals surface area contributed by atoms with E-state index in [0.717, 1.165) is 12.0 Å². The third-order valence-electron chi connectivity index (χ3n) is 3.61. The molecule has 1 aliphatic rings. The Labute approximate surface area is 141 Å². The molecule has 0 N–H and O–H groups in total. The van der Waals surface area contributed by atoms with Gasteiger partial charge in [0.1, 0.15) is 13.2 Å². The summed E-state index contributed by atoms with van der Waals surface area (Å²) in [5.74, 6) is 0. The van der Waals surface area contributed by atoms with E-state index < -0.39 is 12.2 Å². The maximum absolute atomic E-state index is 12.4. The van der Waals surface area contributed by atoms with E-state index in [2.05, 4.69) is 13.2 Å². The molecular formula is C18H22N2O4. The van der Waals surface area contributed by atoms with Crippen molar-refractivity contribution in [3.8, 4) is 0 Å². The molecule has 0 bridgehead atoms. The Morgan fingerprint density at radius 3 is 2.75 bits per heavy atom. The van der Waals surface area contributed by atoms with Crippen LogP contribution in [0.4, 0.5) is 9.59 Å². The molecule has 0 aliphatic carbocycles. The van der Waals surface area contributed by atoms with Gasteiger partial charge in [0.25, 0.3) is 0 Å². The topological polar surface area (TPSA) is 59.1 Å². The van der Waals surface area contributed by atoms with E-state index in [0.29, 0.717) is 6.42 Å². The molecule has 6 nitrogen and oxygen atoms in total. The van der Waals surface area contributed by atoms with E-state index in [1.165, 1.54) is 10.0 Å². The van der Waals surface area contributed by atoms with Gasteiger partial charge in [0.05, 0.1) is 12.6 Å². The van der Waals surface area contributed by atoms with Crippen LogP contribution in [0, 0.1) is 0 Å². The highest BCUT2D eigenvalue weighted by molar-refractivity contribution is 5.75. The van der Waals surface area contributed by atoms with Crippen LogP contribution in [0.3, 0.4) is 0 Å². The zero-order valence-electron chi connectivity index (χ0n) is 13.6. The number of carbonyl (C=O) groups excluding carboxylic acids is 2. The summed E-state index contributed by atoms with van der Waals surface area (Å²) in [4.78, 5) is 24.5. The molecular weight excluding hydrogens is 308 g/mol.